The molecule has 136 valence electrons. The molecule has 0 unspecified atom stereocenters. The predicted octanol–water partition coefficient (Wildman–Crippen LogP) is 3.06. The van der Waals surface area contributed by atoms with Crippen LogP contribution in [-0.2, 0) is 9.59 Å². The maximum absolute atomic E-state index is 13.5. The molecule has 2 aromatic rings. The van der Waals surface area contributed by atoms with Crippen LogP contribution in [0.2, 0.25) is 0 Å². The van der Waals surface area contributed by atoms with Gasteiger partial charge in [-0.25, -0.2) is 14.1 Å². The number of carbonyl (C=O) groups is 3. The monoisotopic (exact) mass is 366 g/mol. The van der Waals surface area contributed by atoms with Gasteiger partial charge in [-0.2, -0.15) is 0 Å². The molecule has 7 heteroatoms. The number of halogens is 1. The van der Waals surface area contributed by atoms with Gasteiger partial charge >= 0.3 is 6.03 Å². The van der Waals surface area contributed by atoms with Crippen molar-refractivity contribution in [2.45, 2.75) is 0 Å². The molecule has 0 radical (unpaired) electrons. The first-order valence-corrected chi connectivity index (χ1v) is 8.00. The van der Waals surface area contributed by atoms with Crippen LogP contribution in [0.15, 0.2) is 66.8 Å². The molecule has 6 nitrogen and oxygen atoms in total. The van der Waals surface area contributed by atoms with E-state index in [9.17, 15) is 18.8 Å². The molecular formula is C20H15FN2O4. The summed E-state index contributed by atoms with van der Waals surface area (Å²) in [7, 11) is 0. The zero-order valence-electron chi connectivity index (χ0n) is 14.1. The molecule has 1 fully saturated rings. The summed E-state index contributed by atoms with van der Waals surface area (Å²) in [6.45, 7) is 3.91. The largest absolute Gasteiger partial charge is 0.490 e. The van der Waals surface area contributed by atoms with E-state index in [1.807, 2.05) is 0 Å². The number of rotatable bonds is 5. The van der Waals surface area contributed by atoms with E-state index in [-0.39, 0.29) is 11.3 Å². The quantitative estimate of drug-likeness (QED) is 0.501. The molecule has 0 aromatic heterocycles. The average molecular weight is 366 g/mol. The number of benzene rings is 2. The van der Waals surface area contributed by atoms with Crippen LogP contribution >= 0.6 is 0 Å². The summed E-state index contributed by atoms with van der Waals surface area (Å²) in [4.78, 5) is 37.6. The fraction of sp³-hybridized carbons (Fsp3) is 0.0500. The molecule has 0 saturated carbocycles. The number of barbiturate groups is 1. The van der Waals surface area contributed by atoms with Crippen molar-refractivity contribution in [1.82, 2.24) is 5.32 Å². The third kappa shape index (κ3) is 3.92. The number of nitrogens with one attached hydrogen (secondary N) is 1. The molecule has 0 aliphatic carbocycles. The van der Waals surface area contributed by atoms with E-state index in [1.165, 1.54) is 24.3 Å². The van der Waals surface area contributed by atoms with Crippen LogP contribution in [0.3, 0.4) is 0 Å². The van der Waals surface area contributed by atoms with E-state index in [2.05, 4.69) is 11.9 Å². The van der Waals surface area contributed by atoms with Crippen molar-refractivity contribution in [3.05, 3.63) is 78.1 Å². The first kappa shape index (κ1) is 18.1. The molecule has 0 bridgehead atoms. The summed E-state index contributed by atoms with van der Waals surface area (Å²) in [5.74, 6) is -1.65. The standard InChI is InChI=1S/C20H15FN2O4/c1-2-10-27-16-8-6-13(7-9-16)11-17-18(24)22-20(26)23(19(17)25)15-5-3-4-14(21)12-15/h2-9,11-12H,1,10H2,(H,22,24,26)/b17-11+. The fourth-order valence-electron chi connectivity index (χ4n) is 2.49. The first-order chi connectivity index (χ1) is 13.0. The van der Waals surface area contributed by atoms with Crippen LogP contribution in [0.1, 0.15) is 5.56 Å². The maximum Gasteiger partial charge on any atom is 0.335 e. The molecule has 0 spiro atoms. The smallest absolute Gasteiger partial charge is 0.335 e. The molecular weight excluding hydrogens is 351 g/mol. The zero-order chi connectivity index (χ0) is 19.4. The topological polar surface area (TPSA) is 75.7 Å². The lowest BCUT2D eigenvalue weighted by Gasteiger charge is -2.26. The minimum atomic E-state index is -0.930. The van der Waals surface area contributed by atoms with E-state index < -0.39 is 23.7 Å². The SMILES string of the molecule is C=CCOc1ccc(/C=C2\C(=O)NC(=O)N(c3cccc(F)c3)C2=O)cc1. The molecule has 3 rings (SSSR count). The van der Waals surface area contributed by atoms with Crippen LogP contribution in [0.5, 0.6) is 5.75 Å². The Kier molecular flexibility index (Phi) is 5.12. The van der Waals surface area contributed by atoms with E-state index in [0.29, 0.717) is 17.9 Å². The number of hydrogen-bond donors (Lipinski definition) is 1. The summed E-state index contributed by atoms with van der Waals surface area (Å²) in [5.41, 5.74) is 0.357. The minimum absolute atomic E-state index is 0.0315. The average Bonchev–Trinajstić information content (AvgIpc) is 2.64. The third-order valence-electron chi connectivity index (χ3n) is 3.73. The van der Waals surface area contributed by atoms with Gasteiger partial charge in [0.25, 0.3) is 11.8 Å². The second-order valence-corrected chi connectivity index (χ2v) is 5.61. The molecule has 4 amide bonds. The van der Waals surface area contributed by atoms with Crippen molar-refractivity contribution in [2.75, 3.05) is 11.5 Å². The lowest BCUT2D eigenvalue weighted by molar-refractivity contribution is -0.122. The van der Waals surface area contributed by atoms with Gasteiger partial charge in [-0.15, -0.1) is 0 Å². The molecule has 1 heterocycles. The van der Waals surface area contributed by atoms with E-state index >= 15 is 0 Å². The molecule has 1 aliphatic rings. The maximum atomic E-state index is 13.5. The molecule has 1 N–H and O–H groups in total. The summed E-state index contributed by atoms with van der Waals surface area (Å²) in [6.07, 6.45) is 2.96. The second kappa shape index (κ2) is 7.65. The number of ether oxygens (including phenoxy) is 1. The fourth-order valence-corrected chi connectivity index (χ4v) is 2.49. The second-order valence-electron chi connectivity index (χ2n) is 5.61. The highest BCUT2D eigenvalue weighted by Crippen LogP contribution is 2.23. The van der Waals surface area contributed by atoms with E-state index in [0.717, 1.165) is 11.0 Å². The van der Waals surface area contributed by atoms with Gasteiger partial charge < -0.3 is 4.74 Å². The van der Waals surface area contributed by atoms with Crippen molar-refractivity contribution >= 4 is 29.6 Å². The van der Waals surface area contributed by atoms with Crippen LogP contribution in [0.25, 0.3) is 6.08 Å². The molecule has 1 aliphatic heterocycles. The minimum Gasteiger partial charge on any atom is -0.490 e. The summed E-state index contributed by atoms with van der Waals surface area (Å²) in [6, 6.07) is 10.7. The number of amides is 4. The van der Waals surface area contributed by atoms with Gasteiger partial charge in [0.2, 0.25) is 0 Å². The van der Waals surface area contributed by atoms with E-state index in [4.69, 9.17) is 4.74 Å². The van der Waals surface area contributed by atoms with Gasteiger partial charge in [0.15, 0.2) is 0 Å². The Labute approximate surface area is 154 Å². The Morgan fingerprint density at radius 3 is 2.52 bits per heavy atom. The number of imide groups is 2. The van der Waals surface area contributed by atoms with Gasteiger partial charge in [0.1, 0.15) is 23.7 Å². The van der Waals surface area contributed by atoms with Crippen LogP contribution in [0, 0.1) is 5.82 Å². The van der Waals surface area contributed by atoms with E-state index in [1.54, 1.807) is 30.3 Å². The highest BCUT2D eigenvalue weighted by atomic mass is 19.1. The predicted molar refractivity (Wildman–Crippen MR) is 97.5 cm³/mol. The Hall–Kier alpha value is -3.74. The third-order valence-corrected chi connectivity index (χ3v) is 3.73. The highest BCUT2D eigenvalue weighted by molar-refractivity contribution is 6.39. The van der Waals surface area contributed by atoms with Crippen molar-refractivity contribution in [3.63, 3.8) is 0 Å². The Morgan fingerprint density at radius 1 is 1.11 bits per heavy atom. The normalized spacial score (nSPS) is 15.7. The lowest BCUT2D eigenvalue weighted by Crippen LogP contribution is -2.54. The number of nitrogens with zero attached hydrogens (tertiary/aromatic N) is 1. The number of anilines is 1. The number of carbonyl (C=O) groups excluding carboxylic acids is 3. The Bertz CT molecular complexity index is 951. The van der Waals surface area contributed by atoms with Gasteiger partial charge in [-0.3, -0.25) is 14.9 Å². The summed E-state index contributed by atoms with van der Waals surface area (Å²) in [5, 5.41) is 2.09. The lowest BCUT2D eigenvalue weighted by atomic mass is 10.1. The van der Waals surface area contributed by atoms with Crippen LogP contribution < -0.4 is 15.0 Å². The summed E-state index contributed by atoms with van der Waals surface area (Å²) >= 11 is 0. The van der Waals surface area contributed by atoms with Gasteiger partial charge in [0.05, 0.1) is 5.69 Å². The van der Waals surface area contributed by atoms with Crippen LogP contribution in [-0.4, -0.2) is 24.5 Å². The summed E-state index contributed by atoms with van der Waals surface area (Å²) < 4.78 is 18.8. The highest BCUT2D eigenvalue weighted by Gasteiger charge is 2.36. The Balaban J connectivity index is 1.91. The number of urea groups is 1. The Morgan fingerprint density at radius 2 is 1.85 bits per heavy atom. The number of hydrogen-bond acceptors (Lipinski definition) is 4. The van der Waals surface area contributed by atoms with Gasteiger partial charge in [-0.1, -0.05) is 30.9 Å². The molecule has 1 saturated heterocycles. The molecule has 2 aromatic carbocycles. The van der Waals surface area contributed by atoms with Gasteiger partial charge in [-0.05, 0) is 42.0 Å². The van der Waals surface area contributed by atoms with Crippen LogP contribution in [0.4, 0.5) is 14.9 Å². The molecule has 27 heavy (non-hydrogen) atoms. The van der Waals surface area contributed by atoms with Gasteiger partial charge in [0, 0.05) is 0 Å². The zero-order valence-corrected chi connectivity index (χ0v) is 14.1. The van der Waals surface area contributed by atoms with Crippen molar-refractivity contribution in [3.8, 4) is 5.75 Å². The molecule has 0 atom stereocenters. The van der Waals surface area contributed by atoms with Crippen molar-refractivity contribution in [2.24, 2.45) is 0 Å². The first-order valence-electron chi connectivity index (χ1n) is 8.00. The van der Waals surface area contributed by atoms with Crippen molar-refractivity contribution in [1.29, 1.82) is 0 Å². The van der Waals surface area contributed by atoms with Crippen molar-refractivity contribution < 1.29 is 23.5 Å².